The van der Waals surface area contributed by atoms with Crippen LogP contribution in [-0.4, -0.2) is 13.1 Å². The van der Waals surface area contributed by atoms with Crippen molar-refractivity contribution in [3.63, 3.8) is 0 Å². The highest BCUT2D eigenvalue weighted by atomic mass is 19.1. The number of hydrogen-bond acceptors (Lipinski definition) is 2. The van der Waals surface area contributed by atoms with Gasteiger partial charge in [-0.2, -0.15) is 0 Å². The Hall–Kier alpha value is -2.31. The molecule has 3 heteroatoms. The Labute approximate surface area is 152 Å². The highest BCUT2D eigenvalue weighted by Gasteiger charge is 2.23. The van der Waals surface area contributed by atoms with Gasteiger partial charge in [0, 0.05) is 18.8 Å². The van der Waals surface area contributed by atoms with E-state index in [1.54, 1.807) is 25.2 Å². The number of nitrogens with one attached hydrogen (secondary N) is 1. The van der Waals surface area contributed by atoms with Crippen molar-refractivity contribution in [3.8, 4) is 12.3 Å². The standard InChI is InChI=1S/C20H25FN2.C2H6/c1-6-9-18-14(4)20(15(18)5)23-11-10-17(19(21)8-3)12-16(7-2)13-22;1-2/h1,7,9,12,23H,2,4,8,10-11,13,22H2,3,5H3;1-2H3/b16-12+,18-9?,19-17+;. The summed E-state index contributed by atoms with van der Waals surface area (Å²) in [6, 6.07) is 0. The predicted molar refractivity (Wildman–Crippen MR) is 108 cm³/mol. The molecule has 0 aromatic heterocycles. The van der Waals surface area contributed by atoms with E-state index in [0.29, 0.717) is 31.5 Å². The molecule has 0 heterocycles. The summed E-state index contributed by atoms with van der Waals surface area (Å²) in [7, 11) is 0. The monoisotopic (exact) mass is 342 g/mol. The molecule has 0 spiro atoms. The maximum absolute atomic E-state index is 14.0. The van der Waals surface area contributed by atoms with Crippen molar-refractivity contribution in [3.05, 3.63) is 70.8 Å². The fourth-order valence-electron chi connectivity index (χ4n) is 2.44. The smallest absolute Gasteiger partial charge is 0.103 e. The van der Waals surface area contributed by atoms with Crippen molar-refractivity contribution in [2.45, 2.75) is 40.5 Å². The van der Waals surface area contributed by atoms with Crippen LogP contribution >= 0.6 is 0 Å². The normalized spacial score (nSPS) is 16.4. The number of terminal acetylenes is 1. The molecule has 0 aromatic rings. The Morgan fingerprint density at radius 1 is 1.40 bits per heavy atom. The molecular weight excluding hydrogens is 311 g/mol. The second kappa shape index (κ2) is 12.1. The van der Waals surface area contributed by atoms with E-state index < -0.39 is 0 Å². The molecule has 0 saturated carbocycles. The summed E-state index contributed by atoms with van der Waals surface area (Å²) < 4.78 is 14.0. The maximum atomic E-state index is 14.0. The van der Waals surface area contributed by atoms with Crippen LogP contribution in [0.25, 0.3) is 0 Å². The maximum Gasteiger partial charge on any atom is 0.103 e. The minimum atomic E-state index is -0.120. The zero-order valence-electron chi connectivity index (χ0n) is 16.0. The SMILES string of the molecule is C#CC=C1C(=C)C(NCCC(/C=C(\C=C)CN)=C(\F)CC)=C1C.CC. The van der Waals surface area contributed by atoms with E-state index in [1.807, 2.05) is 20.8 Å². The van der Waals surface area contributed by atoms with Crippen LogP contribution in [0.5, 0.6) is 0 Å². The van der Waals surface area contributed by atoms with E-state index in [1.165, 1.54) is 0 Å². The first-order valence-electron chi connectivity index (χ1n) is 8.71. The molecule has 1 aliphatic rings. The summed E-state index contributed by atoms with van der Waals surface area (Å²) >= 11 is 0. The molecular formula is C22H31FN2. The van der Waals surface area contributed by atoms with Crippen LogP contribution < -0.4 is 11.1 Å². The summed E-state index contributed by atoms with van der Waals surface area (Å²) in [5.74, 6) is 2.39. The van der Waals surface area contributed by atoms with Crippen LogP contribution in [0.4, 0.5) is 4.39 Å². The second-order valence-electron chi connectivity index (χ2n) is 5.29. The fraction of sp³-hybridized carbons (Fsp3) is 0.364. The lowest BCUT2D eigenvalue weighted by atomic mass is 9.83. The van der Waals surface area contributed by atoms with Crippen LogP contribution in [0.3, 0.4) is 0 Å². The number of halogens is 1. The van der Waals surface area contributed by atoms with Crippen LogP contribution in [0.1, 0.15) is 40.5 Å². The number of allylic oxidation sites excluding steroid dienone is 5. The van der Waals surface area contributed by atoms with E-state index in [9.17, 15) is 4.39 Å². The summed E-state index contributed by atoms with van der Waals surface area (Å²) in [4.78, 5) is 0. The molecule has 0 atom stereocenters. The molecule has 3 N–H and O–H groups in total. The summed E-state index contributed by atoms with van der Waals surface area (Å²) in [5.41, 5.74) is 11.1. The minimum absolute atomic E-state index is 0.120. The molecule has 0 aliphatic heterocycles. The number of hydrogen-bond donors (Lipinski definition) is 2. The molecule has 2 nitrogen and oxygen atoms in total. The summed E-state index contributed by atoms with van der Waals surface area (Å²) in [6.45, 7) is 16.5. The lowest BCUT2D eigenvalue weighted by Crippen LogP contribution is -2.25. The van der Waals surface area contributed by atoms with Gasteiger partial charge in [0.25, 0.3) is 0 Å². The van der Waals surface area contributed by atoms with Gasteiger partial charge in [0.1, 0.15) is 5.83 Å². The lowest BCUT2D eigenvalue weighted by molar-refractivity contribution is 0.586. The number of rotatable bonds is 8. The Morgan fingerprint density at radius 3 is 2.48 bits per heavy atom. The van der Waals surface area contributed by atoms with E-state index in [2.05, 4.69) is 24.4 Å². The first-order chi connectivity index (χ1) is 12.0. The molecule has 0 saturated heterocycles. The van der Waals surface area contributed by atoms with E-state index >= 15 is 0 Å². The van der Waals surface area contributed by atoms with E-state index in [0.717, 1.165) is 28.0 Å². The molecule has 25 heavy (non-hydrogen) atoms. The van der Waals surface area contributed by atoms with Crippen molar-refractivity contribution in [2.75, 3.05) is 13.1 Å². The van der Waals surface area contributed by atoms with Gasteiger partial charge < -0.3 is 11.1 Å². The van der Waals surface area contributed by atoms with Gasteiger partial charge in [0.15, 0.2) is 0 Å². The third-order valence-corrected chi connectivity index (χ3v) is 3.85. The van der Waals surface area contributed by atoms with Crippen molar-refractivity contribution >= 4 is 0 Å². The summed E-state index contributed by atoms with van der Waals surface area (Å²) in [5, 5.41) is 3.31. The van der Waals surface area contributed by atoms with Crippen LogP contribution in [0, 0.1) is 12.3 Å². The summed E-state index contributed by atoms with van der Waals surface area (Å²) in [6.07, 6.45) is 11.4. The van der Waals surface area contributed by atoms with Crippen LogP contribution in [-0.2, 0) is 0 Å². The third kappa shape index (κ3) is 6.25. The van der Waals surface area contributed by atoms with Gasteiger partial charge in [0.05, 0.1) is 0 Å². The molecule has 0 amide bonds. The fourth-order valence-corrected chi connectivity index (χ4v) is 2.44. The molecule has 1 aliphatic carbocycles. The first kappa shape index (κ1) is 22.7. The molecule has 1 rings (SSSR count). The minimum Gasteiger partial charge on any atom is -0.384 e. The molecule has 0 bridgehead atoms. The zero-order chi connectivity index (χ0) is 19.4. The Balaban J connectivity index is 0.00000277. The molecule has 0 aromatic carbocycles. The van der Waals surface area contributed by atoms with Crippen molar-refractivity contribution < 1.29 is 4.39 Å². The zero-order valence-corrected chi connectivity index (χ0v) is 16.0. The van der Waals surface area contributed by atoms with Gasteiger partial charge in [-0.15, -0.1) is 6.42 Å². The average Bonchev–Trinajstić information content (AvgIpc) is 2.66. The van der Waals surface area contributed by atoms with Gasteiger partial charge in [-0.3, -0.25) is 0 Å². The van der Waals surface area contributed by atoms with Gasteiger partial charge >= 0.3 is 0 Å². The topological polar surface area (TPSA) is 38.0 Å². The molecule has 0 unspecified atom stereocenters. The van der Waals surface area contributed by atoms with Gasteiger partial charge in [-0.1, -0.05) is 52.0 Å². The van der Waals surface area contributed by atoms with Gasteiger partial charge in [0.2, 0.25) is 0 Å². The lowest BCUT2D eigenvalue weighted by Gasteiger charge is -2.28. The Kier molecular flexibility index (Phi) is 11.0. The largest absolute Gasteiger partial charge is 0.384 e. The van der Waals surface area contributed by atoms with Gasteiger partial charge in [-0.25, -0.2) is 4.39 Å². The highest BCUT2D eigenvalue weighted by molar-refractivity contribution is 5.68. The van der Waals surface area contributed by atoms with Gasteiger partial charge in [-0.05, 0) is 53.7 Å². The average molecular weight is 343 g/mol. The van der Waals surface area contributed by atoms with E-state index in [4.69, 9.17) is 12.2 Å². The molecule has 136 valence electrons. The van der Waals surface area contributed by atoms with Crippen molar-refractivity contribution in [1.29, 1.82) is 0 Å². The number of nitrogens with two attached hydrogens (primary N) is 1. The van der Waals surface area contributed by atoms with E-state index in [-0.39, 0.29) is 5.83 Å². The highest BCUT2D eigenvalue weighted by Crippen LogP contribution is 2.36. The predicted octanol–water partition coefficient (Wildman–Crippen LogP) is 5.10. The van der Waals surface area contributed by atoms with Crippen molar-refractivity contribution in [1.82, 2.24) is 5.32 Å². The van der Waals surface area contributed by atoms with Crippen LogP contribution in [0.2, 0.25) is 0 Å². The Bertz CT molecular complexity index is 652. The quantitative estimate of drug-likeness (QED) is 0.476. The second-order valence-corrected chi connectivity index (χ2v) is 5.29. The Morgan fingerprint density at radius 2 is 2.04 bits per heavy atom. The third-order valence-electron chi connectivity index (χ3n) is 3.85. The van der Waals surface area contributed by atoms with Crippen molar-refractivity contribution in [2.24, 2.45) is 5.73 Å². The first-order valence-corrected chi connectivity index (χ1v) is 8.71. The molecule has 0 fully saturated rings. The van der Waals surface area contributed by atoms with Crippen LogP contribution in [0.15, 0.2) is 70.8 Å². The molecule has 0 radical (unpaired) electrons.